The highest BCUT2D eigenvalue weighted by Gasteiger charge is 2.48. The number of guanidine groups is 1. The standard InChI is InChI=1S/C18H26N4O.HI/c19-17(21-16-5-4-14-2-1-3-15(14)12-16)20-13-18(6-7-18)22-8-10-23-11-9-22;/h4-5,12H,1-3,6-11,13H2,(H3,19,20,21);1H. The number of anilines is 1. The van der Waals surface area contributed by atoms with Gasteiger partial charge in [-0.15, -0.1) is 24.0 Å². The predicted octanol–water partition coefficient (Wildman–Crippen LogP) is 2.38. The van der Waals surface area contributed by atoms with Crippen LogP contribution in [0, 0.1) is 0 Å². The smallest absolute Gasteiger partial charge is 0.193 e. The van der Waals surface area contributed by atoms with Crippen molar-refractivity contribution >= 4 is 35.6 Å². The summed E-state index contributed by atoms with van der Waals surface area (Å²) in [7, 11) is 0. The van der Waals surface area contributed by atoms with Crippen LogP contribution in [0.5, 0.6) is 0 Å². The molecule has 1 saturated heterocycles. The lowest BCUT2D eigenvalue weighted by atomic mass is 10.1. The van der Waals surface area contributed by atoms with Crippen LogP contribution in [0.15, 0.2) is 23.2 Å². The summed E-state index contributed by atoms with van der Waals surface area (Å²) in [5.41, 5.74) is 10.3. The van der Waals surface area contributed by atoms with E-state index in [1.807, 2.05) is 0 Å². The Morgan fingerprint density at radius 3 is 2.71 bits per heavy atom. The Morgan fingerprint density at radius 1 is 1.21 bits per heavy atom. The number of hydrogen-bond donors (Lipinski definition) is 2. The Labute approximate surface area is 161 Å². The topological polar surface area (TPSA) is 62.9 Å². The maximum absolute atomic E-state index is 6.11. The Hall–Kier alpha value is -0.860. The Bertz CT molecular complexity index is 609. The normalized spacial score (nSPS) is 22.6. The number of nitrogens with zero attached hydrogens (tertiary/aromatic N) is 2. The number of aliphatic imine (C=N–C) groups is 1. The highest BCUT2D eigenvalue weighted by molar-refractivity contribution is 14.0. The predicted molar refractivity (Wildman–Crippen MR) is 108 cm³/mol. The quantitative estimate of drug-likeness (QED) is 0.427. The van der Waals surface area contributed by atoms with Gasteiger partial charge in [0.05, 0.1) is 19.8 Å². The van der Waals surface area contributed by atoms with Gasteiger partial charge in [0.25, 0.3) is 0 Å². The van der Waals surface area contributed by atoms with Gasteiger partial charge in [0.1, 0.15) is 0 Å². The van der Waals surface area contributed by atoms with Crippen molar-refractivity contribution in [3.8, 4) is 0 Å². The van der Waals surface area contributed by atoms with E-state index in [4.69, 9.17) is 10.5 Å². The Morgan fingerprint density at radius 2 is 1.96 bits per heavy atom. The summed E-state index contributed by atoms with van der Waals surface area (Å²) in [6.07, 6.45) is 6.11. The fourth-order valence-electron chi connectivity index (χ4n) is 3.83. The third-order valence-corrected chi connectivity index (χ3v) is 5.42. The van der Waals surface area contributed by atoms with Gasteiger partial charge in [0.15, 0.2) is 5.96 Å². The van der Waals surface area contributed by atoms with E-state index in [0.29, 0.717) is 5.96 Å². The van der Waals surface area contributed by atoms with Crippen molar-refractivity contribution in [1.82, 2.24) is 4.90 Å². The summed E-state index contributed by atoms with van der Waals surface area (Å²) in [5.74, 6) is 0.530. The third kappa shape index (κ3) is 3.86. The second kappa shape index (κ2) is 7.58. The molecule has 6 heteroatoms. The molecule has 3 aliphatic rings. The van der Waals surface area contributed by atoms with Gasteiger partial charge in [-0.05, 0) is 55.4 Å². The van der Waals surface area contributed by atoms with Crippen molar-refractivity contribution < 1.29 is 4.74 Å². The number of benzene rings is 1. The molecule has 1 aromatic carbocycles. The van der Waals surface area contributed by atoms with Crippen LogP contribution in [0.2, 0.25) is 0 Å². The molecule has 1 saturated carbocycles. The van der Waals surface area contributed by atoms with Crippen LogP contribution in [0.1, 0.15) is 30.4 Å². The van der Waals surface area contributed by atoms with E-state index in [1.165, 1.54) is 43.2 Å². The van der Waals surface area contributed by atoms with Crippen molar-refractivity contribution in [2.45, 2.75) is 37.6 Å². The van der Waals surface area contributed by atoms with E-state index < -0.39 is 0 Å². The van der Waals surface area contributed by atoms with Crippen LogP contribution in [0.25, 0.3) is 0 Å². The SMILES string of the molecule is I.NC(=NCC1(N2CCOCC2)CC1)Nc1ccc2c(c1)CCC2. The monoisotopic (exact) mass is 442 g/mol. The number of fused-ring (bicyclic) bond motifs is 1. The van der Waals surface area contributed by atoms with Gasteiger partial charge in [-0.1, -0.05) is 6.07 Å². The molecule has 5 nitrogen and oxygen atoms in total. The summed E-state index contributed by atoms with van der Waals surface area (Å²) in [4.78, 5) is 7.15. The molecule has 4 rings (SSSR count). The summed E-state index contributed by atoms with van der Waals surface area (Å²) in [6, 6.07) is 6.55. The third-order valence-electron chi connectivity index (χ3n) is 5.42. The molecular weight excluding hydrogens is 415 g/mol. The number of morpholine rings is 1. The maximum Gasteiger partial charge on any atom is 0.193 e. The molecule has 0 amide bonds. The first-order valence-corrected chi connectivity index (χ1v) is 8.77. The highest BCUT2D eigenvalue weighted by Crippen LogP contribution is 2.42. The molecule has 0 unspecified atom stereocenters. The average molecular weight is 442 g/mol. The fourth-order valence-corrected chi connectivity index (χ4v) is 3.83. The molecule has 0 aromatic heterocycles. The molecule has 1 aromatic rings. The first-order chi connectivity index (χ1) is 11.3. The molecule has 0 bridgehead atoms. The van der Waals surface area contributed by atoms with E-state index in [0.717, 1.165) is 38.5 Å². The molecule has 2 aliphatic carbocycles. The summed E-state index contributed by atoms with van der Waals surface area (Å²) >= 11 is 0. The fraction of sp³-hybridized carbons (Fsp3) is 0.611. The summed E-state index contributed by atoms with van der Waals surface area (Å²) < 4.78 is 5.45. The second-order valence-corrected chi connectivity index (χ2v) is 6.99. The van der Waals surface area contributed by atoms with Crippen molar-refractivity contribution in [2.75, 3.05) is 38.2 Å². The van der Waals surface area contributed by atoms with Crippen LogP contribution in [0.4, 0.5) is 5.69 Å². The van der Waals surface area contributed by atoms with Crippen molar-refractivity contribution in [2.24, 2.45) is 10.7 Å². The molecule has 1 aliphatic heterocycles. The average Bonchev–Trinajstić information content (AvgIpc) is 3.24. The van der Waals surface area contributed by atoms with Gasteiger partial charge in [0, 0.05) is 24.3 Å². The van der Waals surface area contributed by atoms with Crippen LogP contribution in [0.3, 0.4) is 0 Å². The number of aryl methyl sites for hydroxylation is 2. The number of ether oxygens (including phenoxy) is 1. The molecule has 24 heavy (non-hydrogen) atoms. The van der Waals surface area contributed by atoms with Crippen LogP contribution in [-0.2, 0) is 17.6 Å². The molecular formula is C18H27IN4O. The minimum atomic E-state index is 0. The van der Waals surface area contributed by atoms with Crippen molar-refractivity contribution in [3.63, 3.8) is 0 Å². The van der Waals surface area contributed by atoms with Crippen molar-refractivity contribution in [3.05, 3.63) is 29.3 Å². The van der Waals surface area contributed by atoms with E-state index >= 15 is 0 Å². The highest BCUT2D eigenvalue weighted by atomic mass is 127. The summed E-state index contributed by atoms with van der Waals surface area (Å²) in [6.45, 7) is 4.51. The lowest BCUT2D eigenvalue weighted by molar-refractivity contribution is 0.0117. The number of nitrogens with two attached hydrogens (primary N) is 1. The van der Waals surface area contributed by atoms with Gasteiger partial charge in [-0.3, -0.25) is 9.89 Å². The number of halogens is 1. The van der Waals surface area contributed by atoms with E-state index in [2.05, 4.69) is 33.4 Å². The molecule has 3 N–H and O–H groups in total. The zero-order valence-corrected chi connectivity index (χ0v) is 16.4. The Balaban J connectivity index is 0.00000169. The minimum Gasteiger partial charge on any atom is -0.379 e. The molecule has 0 radical (unpaired) electrons. The number of hydrogen-bond acceptors (Lipinski definition) is 3. The first kappa shape index (κ1) is 17.9. The lowest BCUT2D eigenvalue weighted by Crippen LogP contribution is -2.47. The number of rotatable bonds is 4. The molecule has 1 heterocycles. The van der Waals surface area contributed by atoms with Gasteiger partial charge in [0.2, 0.25) is 0 Å². The van der Waals surface area contributed by atoms with Gasteiger partial charge >= 0.3 is 0 Å². The maximum atomic E-state index is 6.11. The van der Waals surface area contributed by atoms with Gasteiger partial charge < -0.3 is 15.8 Å². The summed E-state index contributed by atoms with van der Waals surface area (Å²) in [5, 5.41) is 3.26. The first-order valence-electron chi connectivity index (χ1n) is 8.77. The lowest BCUT2D eigenvalue weighted by Gasteiger charge is -2.34. The van der Waals surface area contributed by atoms with Crippen LogP contribution < -0.4 is 11.1 Å². The molecule has 0 atom stereocenters. The van der Waals surface area contributed by atoms with Crippen LogP contribution in [-0.4, -0.2) is 49.2 Å². The van der Waals surface area contributed by atoms with Crippen LogP contribution >= 0.6 is 24.0 Å². The Kier molecular flexibility index (Phi) is 5.66. The van der Waals surface area contributed by atoms with E-state index in [1.54, 1.807) is 0 Å². The van der Waals surface area contributed by atoms with Gasteiger partial charge in [-0.2, -0.15) is 0 Å². The van der Waals surface area contributed by atoms with Gasteiger partial charge in [-0.25, -0.2) is 0 Å². The van der Waals surface area contributed by atoms with Crippen molar-refractivity contribution in [1.29, 1.82) is 0 Å². The second-order valence-electron chi connectivity index (χ2n) is 6.99. The zero-order chi connectivity index (χ0) is 15.7. The molecule has 0 spiro atoms. The number of nitrogens with one attached hydrogen (secondary N) is 1. The minimum absolute atomic E-state index is 0. The molecule has 132 valence electrons. The molecule has 2 fully saturated rings. The van der Waals surface area contributed by atoms with E-state index in [-0.39, 0.29) is 29.5 Å². The van der Waals surface area contributed by atoms with E-state index in [9.17, 15) is 0 Å². The largest absolute Gasteiger partial charge is 0.379 e. The zero-order valence-electron chi connectivity index (χ0n) is 14.1.